The number of hydrogen-bond donors (Lipinski definition) is 1. The van der Waals surface area contributed by atoms with E-state index in [0.29, 0.717) is 102 Å². The summed E-state index contributed by atoms with van der Waals surface area (Å²) in [6.45, 7) is 10.8. The Morgan fingerprint density at radius 3 is 2.43 bits per heavy atom. The van der Waals surface area contributed by atoms with Crippen molar-refractivity contribution in [2.24, 2.45) is 0 Å². The van der Waals surface area contributed by atoms with Gasteiger partial charge in [0.15, 0.2) is 5.83 Å². The number of fused-ring (bicyclic) bond motifs is 3. The third-order valence-corrected chi connectivity index (χ3v) is 15.9. The van der Waals surface area contributed by atoms with Gasteiger partial charge in [-0.25, -0.2) is 4.39 Å². The second-order valence-electron chi connectivity index (χ2n) is 18.6. The van der Waals surface area contributed by atoms with Crippen LogP contribution in [0.2, 0.25) is 5.02 Å². The van der Waals surface area contributed by atoms with Crippen LogP contribution >= 0.6 is 66.1 Å². The molecule has 4 aliphatic heterocycles. The van der Waals surface area contributed by atoms with Crippen LogP contribution in [-0.4, -0.2) is 136 Å². The minimum absolute atomic E-state index is 0.0441. The number of likely N-dealkylation sites (tertiary alicyclic amines) is 1. The molecule has 2 amide bonds. The minimum atomic E-state index is -1.04. The van der Waals surface area contributed by atoms with Gasteiger partial charge in [-0.3, -0.25) is 14.5 Å². The molecule has 1 N–H and O–H groups in total. The summed E-state index contributed by atoms with van der Waals surface area (Å²) >= 11 is 16.3. The normalized spacial score (nSPS) is 18.1. The largest absolute Gasteiger partial charge is 0.489 e. The smallest absolute Gasteiger partial charge is 0.318 e. The van der Waals surface area contributed by atoms with Gasteiger partial charge in [0.05, 0.1) is 77.8 Å². The molecular formula is C55H57Br2ClFIN8O7. The molecule has 2 unspecified atom stereocenters. The average Bonchev–Trinajstić information content (AvgIpc) is 3.98. The number of aromatic nitrogens is 2. The van der Waals surface area contributed by atoms with Crippen LogP contribution in [0.3, 0.4) is 0 Å². The summed E-state index contributed by atoms with van der Waals surface area (Å²) in [7, 11) is 0. The SMILES string of the molecule is C=C(F)C(=O)N1CCN(c2nc(OCC3CCCN3CCCOCCOCCOCCOc3c(Br)cc(C=C4C(=O)Nc5ccc(I)cc54)cc3Br)nc3c2CCN(c2cccc4cccc(Cl)c24)C3)CC1CC#N. The van der Waals surface area contributed by atoms with Gasteiger partial charge in [-0.1, -0.05) is 42.4 Å². The summed E-state index contributed by atoms with van der Waals surface area (Å²) in [6.07, 6.45) is 5.48. The fourth-order valence-corrected chi connectivity index (χ4v) is 12.4. The van der Waals surface area contributed by atoms with E-state index in [1.165, 1.54) is 4.90 Å². The molecule has 0 bridgehead atoms. The van der Waals surface area contributed by atoms with E-state index in [4.69, 9.17) is 45.3 Å². The first-order valence-corrected chi connectivity index (χ1v) is 28.1. The first-order valence-electron chi connectivity index (χ1n) is 25.1. The molecule has 4 aliphatic rings. The Morgan fingerprint density at radius 1 is 0.920 bits per heavy atom. The number of benzene rings is 4. The van der Waals surface area contributed by atoms with Crippen LogP contribution in [0.4, 0.5) is 21.6 Å². The number of piperazine rings is 1. The molecule has 394 valence electrons. The summed E-state index contributed by atoms with van der Waals surface area (Å²) < 4.78 is 46.6. The van der Waals surface area contributed by atoms with E-state index in [1.54, 1.807) is 0 Å². The van der Waals surface area contributed by atoms with Crippen molar-refractivity contribution in [3.63, 3.8) is 0 Å². The number of nitrogens with zero attached hydrogens (tertiary/aromatic N) is 7. The van der Waals surface area contributed by atoms with Gasteiger partial charge in [-0.2, -0.15) is 15.2 Å². The number of nitriles is 1. The summed E-state index contributed by atoms with van der Waals surface area (Å²) in [4.78, 5) is 43.7. The minimum Gasteiger partial charge on any atom is -0.489 e. The van der Waals surface area contributed by atoms with Crippen LogP contribution in [0.15, 0.2) is 88.1 Å². The number of hydrogen-bond acceptors (Lipinski definition) is 13. The Labute approximate surface area is 471 Å². The van der Waals surface area contributed by atoms with Crippen LogP contribution in [-0.2, 0) is 36.8 Å². The van der Waals surface area contributed by atoms with E-state index in [-0.39, 0.29) is 30.9 Å². The molecule has 1 aromatic heterocycles. The number of carbonyl (C=O) groups excluding carboxylic acids is 2. The molecule has 0 saturated carbocycles. The van der Waals surface area contributed by atoms with Gasteiger partial charge in [0.2, 0.25) is 0 Å². The van der Waals surface area contributed by atoms with E-state index in [2.05, 4.69) is 105 Å². The van der Waals surface area contributed by atoms with Crippen LogP contribution in [0, 0.1) is 14.9 Å². The molecule has 2 atom stereocenters. The number of nitrogens with one attached hydrogen (secondary N) is 1. The number of anilines is 3. The number of amides is 2. The monoisotopic (exact) mass is 1280 g/mol. The number of ether oxygens (including phenoxy) is 5. The van der Waals surface area contributed by atoms with E-state index in [0.717, 1.165) is 95.2 Å². The van der Waals surface area contributed by atoms with Crippen LogP contribution in [0.5, 0.6) is 11.8 Å². The highest BCUT2D eigenvalue weighted by Gasteiger charge is 2.35. The fourth-order valence-electron chi connectivity index (χ4n) is 10.1. The van der Waals surface area contributed by atoms with Gasteiger partial charge < -0.3 is 43.7 Å². The Kier molecular flexibility index (Phi) is 19.0. The molecule has 75 heavy (non-hydrogen) atoms. The molecule has 0 radical (unpaired) electrons. The predicted octanol–water partition coefficient (Wildman–Crippen LogP) is 10.2. The van der Waals surface area contributed by atoms with Crippen LogP contribution in [0.1, 0.15) is 48.1 Å². The molecule has 4 aromatic carbocycles. The molecule has 0 spiro atoms. The molecule has 2 fully saturated rings. The standard InChI is InChI=1S/C55H57Br2ClFIN8O7/c1-35(59)54(70)68-20-19-67(32-39(68)13-15-61)52-41-14-18-66(49-10-3-7-37-6-2-9-46(58)50(37)49)33-48(41)63-55(64-52)75-34-40-8-4-16-65(40)17-5-21-71-22-23-72-24-25-73-26-27-74-51-44(56)29-36(30-45(51)57)28-43-42-31-38(60)11-12-47(42)62-53(43)69/h2-3,6-7,9-12,28-31,39-40H,1,4-5,8,13-14,16-27,32-34H2,(H,62,69). The zero-order chi connectivity index (χ0) is 52.4. The van der Waals surface area contributed by atoms with Gasteiger partial charge in [0, 0.05) is 82.4 Å². The maximum absolute atomic E-state index is 14.1. The average molecular weight is 1280 g/mol. The van der Waals surface area contributed by atoms with Crippen molar-refractivity contribution >= 4 is 117 Å². The van der Waals surface area contributed by atoms with Crippen molar-refractivity contribution < 1.29 is 37.7 Å². The van der Waals surface area contributed by atoms with Gasteiger partial charge in [-0.15, -0.1) is 0 Å². The molecule has 9 rings (SSSR count). The zero-order valence-corrected chi connectivity index (χ0v) is 47.4. The molecular weight excluding hydrogens is 1230 g/mol. The lowest BCUT2D eigenvalue weighted by Crippen LogP contribution is -2.55. The number of halogens is 5. The predicted molar refractivity (Wildman–Crippen MR) is 304 cm³/mol. The second-order valence-corrected chi connectivity index (χ2v) is 22.0. The molecule has 0 aliphatic carbocycles. The van der Waals surface area contributed by atoms with E-state index < -0.39 is 17.8 Å². The van der Waals surface area contributed by atoms with E-state index in [1.807, 2.05) is 54.6 Å². The molecule has 5 heterocycles. The summed E-state index contributed by atoms with van der Waals surface area (Å²) in [5.41, 5.74) is 6.03. The molecule has 15 nitrogen and oxygen atoms in total. The maximum Gasteiger partial charge on any atom is 0.318 e. The number of rotatable bonds is 22. The van der Waals surface area contributed by atoms with Gasteiger partial charge in [0.25, 0.3) is 11.8 Å². The summed E-state index contributed by atoms with van der Waals surface area (Å²) in [5.74, 6) is -0.580. The Hall–Kier alpha value is -4.92. The first kappa shape index (κ1) is 54.9. The van der Waals surface area contributed by atoms with Crippen molar-refractivity contribution in [3.8, 4) is 17.8 Å². The number of carbonyl (C=O) groups is 2. The fraction of sp³-hybridized carbons (Fsp3) is 0.400. The highest BCUT2D eigenvalue weighted by Crippen LogP contribution is 2.40. The molecule has 5 aromatic rings. The van der Waals surface area contributed by atoms with Gasteiger partial charge >= 0.3 is 6.01 Å². The van der Waals surface area contributed by atoms with E-state index >= 15 is 0 Å². The zero-order valence-electron chi connectivity index (χ0n) is 41.3. The summed E-state index contributed by atoms with van der Waals surface area (Å²) in [6, 6.07) is 24.0. The van der Waals surface area contributed by atoms with Crippen LogP contribution in [0.25, 0.3) is 22.4 Å². The quantitative estimate of drug-likeness (QED) is 0.0398. The Bertz CT molecular complexity index is 2970. The van der Waals surface area contributed by atoms with Gasteiger partial charge in [-0.05, 0) is 146 Å². The van der Waals surface area contributed by atoms with Crippen LogP contribution < -0.4 is 24.6 Å². The Morgan fingerprint density at radius 2 is 1.67 bits per heavy atom. The third kappa shape index (κ3) is 13.4. The highest BCUT2D eigenvalue weighted by molar-refractivity contribution is 14.1. The topological polar surface area (TPSA) is 155 Å². The third-order valence-electron chi connectivity index (χ3n) is 13.7. The highest BCUT2D eigenvalue weighted by atomic mass is 127. The summed E-state index contributed by atoms with van der Waals surface area (Å²) in [5, 5.41) is 15.4. The second kappa shape index (κ2) is 25.9. The molecule has 2 saturated heterocycles. The Balaban J connectivity index is 0.711. The molecule has 20 heteroatoms. The lowest BCUT2D eigenvalue weighted by molar-refractivity contribution is -0.131. The van der Waals surface area contributed by atoms with Crippen molar-refractivity contribution in [2.75, 3.05) is 107 Å². The van der Waals surface area contributed by atoms with Crippen molar-refractivity contribution in [2.45, 2.75) is 50.7 Å². The first-order chi connectivity index (χ1) is 36.4. The van der Waals surface area contributed by atoms with Crippen molar-refractivity contribution in [3.05, 3.63) is 119 Å². The van der Waals surface area contributed by atoms with E-state index in [9.17, 15) is 19.2 Å². The lowest BCUT2D eigenvalue weighted by atomic mass is 10.0. The van der Waals surface area contributed by atoms with Gasteiger partial charge in [0.1, 0.15) is 24.8 Å². The lowest BCUT2D eigenvalue weighted by Gasteiger charge is -2.42. The van der Waals surface area contributed by atoms with Crippen molar-refractivity contribution in [1.29, 1.82) is 5.26 Å². The maximum atomic E-state index is 14.1. The van der Waals surface area contributed by atoms with Crippen molar-refractivity contribution in [1.82, 2.24) is 19.8 Å².